The average Bonchev–Trinajstić information content (AvgIpc) is 3.09. The lowest BCUT2D eigenvalue weighted by Crippen LogP contribution is -2.28. The topological polar surface area (TPSA) is 49.8 Å². The Labute approximate surface area is 302 Å². The zero-order valence-corrected chi connectivity index (χ0v) is 33.4. The summed E-state index contributed by atoms with van der Waals surface area (Å²) >= 11 is 0. The molecular weight excluding hydrogens is 590 g/mol. The molecule has 0 rings (SSSR count). The SMILES string of the molecule is CCCCCCCCCCCOC(=O)CCCCCN(CCCO)CCCCCCCC(CCCCCCCC)CCCCCCCC. The van der Waals surface area contributed by atoms with Crippen LogP contribution in [0.1, 0.15) is 239 Å². The quantitative estimate of drug-likeness (QED) is 0.0516. The highest BCUT2D eigenvalue weighted by Crippen LogP contribution is 2.25. The second-order valence-corrected chi connectivity index (χ2v) is 15.3. The molecule has 0 aromatic carbocycles. The third-order valence-corrected chi connectivity index (χ3v) is 10.5. The lowest BCUT2D eigenvalue weighted by Gasteiger charge is -2.22. The van der Waals surface area contributed by atoms with E-state index in [0.29, 0.717) is 13.0 Å². The van der Waals surface area contributed by atoms with E-state index in [2.05, 4.69) is 25.7 Å². The molecule has 288 valence electrons. The molecule has 0 heterocycles. The van der Waals surface area contributed by atoms with E-state index in [1.807, 2.05) is 0 Å². The number of rotatable bonds is 41. The number of aliphatic hydroxyl groups is 1. The number of unbranched alkanes of at least 4 members (excludes halogenated alkanes) is 24. The van der Waals surface area contributed by atoms with Gasteiger partial charge >= 0.3 is 5.97 Å². The van der Waals surface area contributed by atoms with E-state index in [-0.39, 0.29) is 12.6 Å². The smallest absolute Gasteiger partial charge is 0.305 e. The number of aliphatic hydroxyl groups excluding tert-OH is 1. The summed E-state index contributed by atoms with van der Waals surface area (Å²) in [6.45, 7) is 11.0. The van der Waals surface area contributed by atoms with Crippen molar-refractivity contribution in [2.45, 2.75) is 239 Å². The van der Waals surface area contributed by atoms with Crippen molar-refractivity contribution in [3.63, 3.8) is 0 Å². The van der Waals surface area contributed by atoms with Crippen molar-refractivity contribution in [1.29, 1.82) is 0 Å². The van der Waals surface area contributed by atoms with Crippen LogP contribution in [-0.2, 0) is 9.53 Å². The van der Waals surface area contributed by atoms with Gasteiger partial charge in [0.05, 0.1) is 6.61 Å². The van der Waals surface area contributed by atoms with Gasteiger partial charge in [-0.3, -0.25) is 4.79 Å². The van der Waals surface area contributed by atoms with Gasteiger partial charge in [0, 0.05) is 19.6 Å². The molecule has 0 bridgehead atoms. The highest BCUT2D eigenvalue weighted by atomic mass is 16.5. The second kappa shape index (κ2) is 40.8. The molecule has 0 spiro atoms. The van der Waals surface area contributed by atoms with E-state index in [1.165, 1.54) is 180 Å². The van der Waals surface area contributed by atoms with Gasteiger partial charge in [0.15, 0.2) is 0 Å². The molecule has 4 heteroatoms. The van der Waals surface area contributed by atoms with Crippen molar-refractivity contribution in [2.75, 3.05) is 32.8 Å². The lowest BCUT2D eigenvalue weighted by molar-refractivity contribution is -0.143. The number of ether oxygens (including phenoxy) is 1. The molecule has 1 N–H and O–H groups in total. The fourth-order valence-electron chi connectivity index (χ4n) is 7.24. The van der Waals surface area contributed by atoms with Crippen LogP contribution in [0.25, 0.3) is 0 Å². The standard InChI is InChI=1S/C44H89NO3/c1-4-7-10-13-16-17-18-24-32-42-48-44(47)37-29-25-31-39-45(40-33-41-46)38-30-23-19-22-28-36-43(34-26-20-14-11-8-5-2)35-27-21-15-12-9-6-3/h43,46H,4-42H2,1-3H3. The van der Waals surface area contributed by atoms with Gasteiger partial charge in [-0.15, -0.1) is 0 Å². The fraction of sp³-hybridized carbons (Fsp3) is 0.977. The largest absolute Gasteiger partial charge is 0.466 e. The highest BCUT2D eigenvalue weighted by molar-refractivity contribution is 5.69. The number of carbonyl (C=O) groups is 1. The van der Waals surface area contributed by atoms with Gasteiger partial charge in [-0.25, -0.2) is 0 Å². The maximum Gasteiger partial charge on any atom is 0.305 e. The summed E-state index contributed by atoms with van der Waals surface area (Å²) in [7, 11) is 0. The van der Waals surface area contributed by atoms with Gasteiger partial charge in [0.25, 0.3) is 0 Å². The molecule has 0 amide bonds. The minimum Gasteiger partial charge on any atom is -0.466 e. The first-order valence-corrected chi connectivity index (χ1v) is 22.2. The highest BCUT2D eigenvalue weighted by Gasteiger charge is 2.10. The Hall–Kier alpha value is -0.610. The molecule has 0 aliphatic heterocycles. The maximum atomic E-state index is 12.1. The van der Waals surface area contributed by atoms with Gasteiger partial charge in [-0.1, -0.05) is 201 Å². The molecule has 0 aliphatic rings. The number of hydrogen-bond acceptors (Lipinski definition) is 4. The van der Waals surface area contributed by atoms with E-state index in [0.717, 1.165) is 57.7 Å². The normalized spacial score (nSPS) is 11.7. The van der Waals surface area contributed by atoms with Crippen LogP contribution in [0.5, 0.6) is 0 Å². The predicted molar refractivity (Wildman–Crippen MR) is 212 cm³/mol. The van der Waals surface area contributed by atoms with E-state index in [4.69, 9.17) is 4.74 Å². The Morgan fingerprint density at radius 1 is 0.458 bits per heavy atom. The fourth-order valence-corrected chi connectivity index (χ4v) is 7.24. The van der Waals surface area contributed by atoms with Crippen LogP contribution in [0, 0.1) is 5.92 Å². The summed E-state index contributed by atoms with van der Waals surface area (Å²) in [6, 6.07) is 0. The van der Waals surface area contributed by atoms with Gasteiger partial charge < -0.3 is 14.7 Å². The Morgan fingerprint density at radius 3 is 1.25 bits per heavy atom. The van der Waals surface area contributed by atoms with Crippen LogP contribution in [0.4, 0.5) is 0 Å². The van der Waals surface area contributed by atoms with Crippen molar-refractivity contribution in [2.24, 2.45) is 5.92 Å². The summed E-state index contributed by atoms with van der Waals surface area (Å²) in [5.74, 6) is 0.959. The number of hydrogen-bond donors (Lipinski definition) is 1. The van der Waals surface area contributed by atoms with Crippen LogP contribution < -0.4 is 0 Å². The minimum atomic E-state index is -0.0113. The number of carbonyl (C=O) groups excluding carboxylic acids is 1. The molecule has 48 heavy (non-hydrogen) atoms. The summed E-state index contributed by atoms with van der Waals surface area (Å²) in [5, 5.41) is 9.40. The molecule has 0 aromatic heterocycles. The van der Waals surface area contributed by atoms with Crippen LogP contribution >= 0.6 is 0 Å². The molecular formula is C44H89NO3. The van der Waals surface area contributed by atoms with E-state index >= 15 is 0 Å². The van der Waals surface area contributed by atoms with Crippen LogP contribution in [0.2, 0.25) is 0 Å². The molecule has 0 saturated heterocycles. The first-order chi connectivity index (χ1) is 23.7. The summed E-state index contributed by atoms with van der Waals surface area (Å²) in [5.41, 5.74) is 0. The summed E-state index contributed by atoms with van der Waals surface area (Å²) in [6.07, 6.45) is 44.5. The average molecular weight is 680 g/mol. The third kappa shape index (κ3) is 36.7. The maximum absolute atomic E-state index is 12.1. The molecule has 0 aliphatic carbocycles. The van der Waals surface area contributed by atoms with Crippen molar-refractivity contribution >= 4 is 5.97 Å². The zero-order chi connectivity index (χ0) is 35.0. The molecule has 4 nitrogen and oxygen atoms in total. The van der Waals surface area contributed by atoms with Crippen molar-refractivity contribution in [1.82, 2.24) is 4.90 Å². The third-order valence-electron chi connectivity index (χ3n) is 10.5. The van der Waals surface area contributed by atoms with E-state index in [1.54, 1.807) is 0 Å². The summed E-state index contributed by atoms with van der Waals surface area (Å²) < 4.78 is 5.48. The molecule has 0 aromatic rings. The monoisotopic (exact) mass is 680 g/mol. The molecule has 0 radical (unpaired) electrons. The molecule has 0 saturated carbocycles. The van der Waals surface area contributed by atoms with Crippen molar-refractivity contribution in [3.05, 3.63) is 0 Å². The molecule has 0 fully saturated rings. The van der Waals surface area contributed by atoms with Crippen LogP contribution in [-0.4, -0.2) is 48.8 Å². The van der Waals surface area contributed by atoms with Gasteiger partial charge in [-0.05, 0) is 51.1 Å². The summed E-state index contributed by atoms with van der Waals surface area (Å²) in [4.78, 5) is 14.7. The number of esters is 1. The van der Waals surface area contributed by atoms with E-state index in [9.17, 15) is 9.90 Å². The minimum absolute atomic E-state index is 0.0113. The van der Waals surface area contributed by atoms with E-state index < -0.39 is 0 Å². The number of nitrogens with zero attached hydrogens (tertiary/aromatic N) is 1. The lowest BCUT2D eigenvalue weighted by atomic mass is 9.89. The molecule has 0 atom stereocenters. The first-order valence-electron chi connectivity index (χ1n) is 22.2. The Bertz CT molecular complexity index is 596. The van der Waals surface area contributed by atoms with Crippen LogP contribution in [0.15, 0.2) is 0 Å². The predicted octanol–water partition coefficient (Wildman–Crippen LogP) is 13.8. The van der Waals surface area contributed by atoms with Gasteiger partial charge in [0.1, 0.15) is 0 Å². The zero-order valence-electron chi connectivity index (χ0n) is 33.4. The van der Waals surface area contributed by atoms with Crippen molar-refractivity contribution in [3.8, 4) is 0 Å². The Kier molecular flexibility index (Phi) is 40.3. The first kappa shape index (κ1) is 47.4. The van der Waals surface area contributed by atoms with Crippen molar-refractivity contribution < 1.29 is 14.6 Å². The Balaban J connectivity index is 3.99. The van der Waals surface area contributed by atoms with Crippen LogP contribution in [0.3, 0.4) is 0 Å². The second-order valence-electron chi connectivity index (χ2n) is 15.3. The molecule has 0 unspecified atom stereocenters. The Morgan fingerprint density at radius 2 is 0.812 bits per heavy atom. The van der Waals surface area contributed by atoms with Gasteiger partial charge in [-0.2, -0.15) is 0 Å². The van der Waals surface area contributed by atoms with Gasteiger partial charge in [0.2, 0.25) is 0 Å².